The highest BCUT2D eigenvalue weighted by molar-refractivity contribution is 5.74. The molecule has 0 spiro atoms. The van der Waals surface area contributed by atoms with E-state index in [2.05, 4.69) is 10.1 Å². The second-order valence-corrected chi connectivity index (χ2v) is 5.87. The molecule has 21 heavy (non-hydrogen) atoms. The SMILES string of the molecule is CC1(C(=O)O)CCN(Cc2cc(-c3ccccc3)on2)C1. The summed E-state index contributed by atoms with van der Waals surface area (Å²) in [7, 11) is 0. The van der Waals surface area contributed by atoms with Crippen molar-refractivity contribution in [2.75, 3.05) is 13.1 Å². The number of benzene rings is 1. The predicted molar refractivity (Wildman–Crippen MR) is 77.6 cm³/mol. The van der Waals surface area contributed by atoms with Gasteiger partial charge in [0.05, 0.1) is 11.1 Å². The molecule has 1 saturated heterocycles. The van der Waals surface area contributed by atoms with E-state index in [1.807, 2.05) is 36.4 Å². The number of carboxylic acids is 1. The van der Waals surface area contributed by atoms with Gasteiger partial charge in [-0.15, -0.1) is 0 Å². The van der Waals surface area contributed by atoms with Crippen LogP contribution in [0, 0.1) is 5.41 Å². The number of rotatable bonds is 4. The van der Waals surface area contributed by atoms with Crippen LogP contribution in [0.2, 0.25) is 0 Å². The molecular formula is C16H18N2O3. The Hall–Kier alpha value is -2.14. The standard InChI is InChI=1S/C16H18N2O3/c1-16(15(19)20)7-8-18(11-16)10-13-9-14(21-17-13)12-5-3-2-4-6-12/h2-6,9H,7-8,10-11H2,1H3,(H,19,20). The second-order valence-electron chi connectivity index (χ2n) is 5.87. The molecule has 5 nitrogen and oxygen atoms in total. The van der Waals surface area contributed by atoms with Crippen LogP contribution in [0.25, 0.3) is 11.3 Å². The van der Waals surface area contributed by atoms with E-state index in [1.165, 1.54) is 0 Å². The summed E-state index contributed by atoms with van der Waals surface area (Å²) in [5.74, 6) is 0.0147. The summed E-state index contributed by atoms with van der Waals surface area (Å²) in [6, 6.07) is 11.7. The zero-order valence-corrected chi connectivity index (χ0v) is 12.0. The number of nitrogens with zero attached hydrogens (tertiary/aromatic N) is 2. The quantitative estimate of drug-likeness (QED) is 0.936. The molecule has 1 aromatic heterocycles. The first kappa shape index (κ1) is 13.8. The average Bonchev–Trinajstić information content (AvgIpc) is 3.08. The molecule has 1 atom stereocenters. The molecule has 5 heteroatoms. The monoisotopic (exact) mass is 286 g/mol. The molecule has 1 aromatic carbocycles. The predicted octanol–water partition coefficient (Wildman–Crippen LogP) is 2.64. The number of hydrogen-bond donors (Lipinski definition) is 1. The van der Waals surface area contributed by atoms with Crippen LogP contribution < -0.4 is 0 Å². The summed E-state index contributed by atoms with van der Waals surface area (Å²) in [6.45, 7) is 3.75. The molecule has 1 N–H and O–H groups in total. The van der Waals surface area contributed by atoms with Crippen molar-refractivity contribution >= 4 is 5.97 Å². The minimum absolute atomic E-state index is 0.551. The first-order valence-corrected chi connectivity index (χ1v) is 7.04. The van der Waals surface area contributed by atoms with Gasteiger partial charge in [0.25, 0.3) is 0 Å². The van der Waals surface area contributed by atoms with Gasteiger partial charge in [-0.25, -0.2) is 0 Å². The van der Waals surface area contributed by atoms with Gasteiger partial charge in [-0.2, -0.15) is 0 Å². The number of carbonyl (C=O) groups is 1. The molecule has 2 heterocycles. The van der Waals surface area contributed by atoms with E-state index in [4.69, 9.17) is 4.52 Å². The molecule has 1 unspecified atom stereocenters. The fourth-order valence-electron chi connectivity index (χ4n) is 2.72. The Morgan fingerprint density at radius 1 is 1.43 bits per heavy atom. The van der Waals surface area contributed by atoms with Crippen molar-refractivity contribution in [2.45, 2.75) is 19.9 Å². The maximum atomic E-state index is 11.2. The van der Waals surface area contributed by atoms with Crippen LogP contribution in [0.15, 0.2) is 40.9 Å². The van der Waals surface area contributed by atoms with Gasteiger partial charge >= 0.3 is 5.97 Å². The van der Waals surface area contributed by atoms with Crippen molar-refractivity contribution in [2.24, 2.45) is 5.41 Å². The molecule has 0 saturated carbocycles. The number of hydrogen-bond acceptors (Lipinski definition) is 4. The zero-order chi connectivity index (χ0) is 14.9. The van der Waals surface area contributed by atoms with Crippen LogP contribution in [0.5, 0.6) is 0 Å². The number of carboxylic acid groups (broad SMARTS) is 1. The average molecular weight is 286 g/mol. The summed E-state index contributed by atoms with van der Waals surface area (Å²) in [5.41, 5.74) is 1.18. The molecule has 1 fully saturated rings. The van der Waals surface area contributed by atoms with E-state index in [9.17, 15) is 9.90 Å². The third-order valence-electron chi connectivity index (χ3n) is 4.07. The molecule has 1 aliphatic heterocycles. The van der Waals surface area contributed by atoms with E-state index >= 15 is 0 Å². The summed E-state index contributed by atoms with van der Waals surface area (Å²) < 4.78 is 5.37. The molecule has 0 amide bonds. The van der Waals surface area contributed by atoms with Gasteiger partial charge in [0.2, 0.25) is 0 Å². The molecule has 0 aliphatic carbocycles. The highest BCUT2D eigenvalue weighted by Gasteiger charge is 2.40. The van der Waals surface area contributed by atoms with Gasteiger partial charge < -0.3 is 9.63 Å². The van der Waals surface area contributed by atoms with Crippen molar-refractivity contribution in [3.63, 3.8) is 0 Å². The van der Waals surface area contributed by atoms with Gasteiger partial charge in [0.1, 0.15) is 0 Å². The topological polar surface area (TPSA) is 66.6 Å². The maximum Gasteiger partial charge on any atom is 0.310 e. The third kappa shape index (κ3) is 2.83. The van der Waals surface area contributed by atoms with Crippen LogP contribution in [-0.2, 0) is 11.3 Å². The first-order valence-electron chi connectivity index (χ1n) is 7.04. The first-order chi connectivity index (χ1) is 10.1. The molecule has 0 bridgehead atoms. The van der Waals surface area contributed by atoms with E-state index < -0.39 is 11.4 Å². The highest BCUT2D eigenvalue weighted by atomic mass is 16.5. The van der Waals surface area contributed by atoms with Gasteiger partial charge in [0, 0.05) is 24.7 Å². The summed E-state index contributed by atoms with van der Waals surface area (Å²) in [6.07, 6.45) is 0.672. The van der Waals surface area contributed by atoms with Crippen molar-refractivity contribution in [1.29, 1.82) is 0 Å². The molecule has 110 valence electrons. The minimum atomic E-state index is -0.727. The second kappa shape index (κ2) is 5.33. The Balaban J connectivity index is 1.68. The van der Waals surface area contributed by atoms with Crippen molar-refractivity contribution in [1.82, 2.24) is 10.1 Å². The Morgan fingerprint density at radius 2 is 2.19 bits per heavy atom. The number of aromatic nitrogens is 1. The Kier molecular flexibility index (Phi) is 3.51. The molecular weight excluding hydrogens is 268 g/mol. The van der Waals surface area contributed by atoms with Gasteiger partial charge in [-0.05, 0) is 19.9 Å². The van der Waals surface area contributed by atoms with Gasteiger partial charge in [0.15, 0.2) is 5.76 Å². The summed E-state index contributed by atoms with van der Waals surface area (Å²) in [5, 5.41) is 13.3. The van der Waals surface area contributed by atoms with Crippen molar-refractivity contribution < 1.29 is 14.4 Å². The van der Waals surface area contributed by atoms with E-state index in [0.29, 0.717) is 19.5 Å². The smallest absolute Gasteiger partial charge is 0.310 e. The Labute approximate surface area is 123 Å². The summed E-state index contributed by atoms with van der Waals surface area (Å²) >= 11 is 0. The van der Waals surface area contributed by atoms with Gasteiger partial charge in [-0.3, -0.25) is 9.69 Å². The Bertz CT molecular complexity index is 638. The van der Waals surface area contributed by atoms with E-state index in [-0.39, 0.29) is 0 Å². The number of aliphatic carboxylic acids is 1. The fourth-order valence-corrected chi connectivity index (χ4v) is 2.72. The normalized spacial score (nSPS) is 22.5. The minimum Gasteiger partial charge on any atom is -0.481 e. The lowest BCUT2D eigenvalue weighted by Crippen LogP contribution is -2.31. The zero-order valence-electron chi connectivity index (χ0n) is 12.0. The van der Waals surface area contributed by atoms with Crippen molar-refractivity contribution in [3.8, 4) is 11.3 Å². The van der Waals surface area contributed by atoms with Crippen LogP contribution in [0.1, 0.15) is 19.0 Å². The number of likely N-dealkylation sites (tertiary alicyclic amines) is 1. The van der Waals surface area contributed by atoms with Crippen LogP contribution in [0.3, 0.4) is 0 Å². The molecule has 0 radical (unpaired) electrons. The summed E-state index contributed by atoms with van der Waals surface area (Å²) in [4.78, 5) is 13.4. The van der Waals surface area contributed by atoms with E-state index in [1.54, 1.807) is 6.92 Å². The highest BCUT2D eigenvalue weighted by Crippen LogP contribution is 2.31. The Morgan fingerprint density at radius 3 is 2.86 bits per heavy atom. The van der Waals surface area contributed by atoms with Crippen LogP contribution in [0.4, 0.5) is 0 Å². The van der Waals surface area contributed by atoms with Gasteiger partial charge in [-0.1, -0.05) is 35.5 Å². The lowest BCUT2D eigenvalue weighted by Gasteiger charge is -2.18. The molecule has 2 aromatic rings. The van der Waals surface area contributed by atoms with Crippen molar-refractivity contribution in [3.05, 3.63) is 42.1 Å². The van der Waals surface area contributed by atoms with Crippen LogP contribution in [-0.4, -0.2) is 34.2 Å². The maximum absolute atomic E-state index is 11.2. The van der Waals surface area contributed by atoms with Crippen LogP contribution >= 0.6 is 0 Å². The lowest BCUT2D eigenvalue weighted by atomic mass is 9.90. The fraction of sp³-hybridized carbons (Fsp3) is 0.375. The largest absolute Gasteiger partial charge is 0.481 e. The van der Waals surface area contributed by atoms with E-state index in [0.717, 1.165) is 23.6 Å². The molecule has 1 aliphatic rings. The molecule has 3 rings (SSSR count). The third-order valence-corrected chi connectivity index (χ3v) is 4.07. The lowest BCUT2D eigenvalue weighted by molar-refractivity contribution is -0.147.